The Balaban J connectivity index is 1.73. The van der Waals surface area contributed by atoms with Crippen molar-refractivity contribution in [2.45, 2.75) is 40.0 Å². The number of anilines is 1. The quantitative estimate of drug-likeness (QED) is 0.607. The lowest BCUT2D eigenvalue weighted by molar-refractivity contribution is 0.112. The van der Waals surface area contributed by atoms with Crippen molar-refractivity contribution in [1.29, 1.82) is 0 Å². The first-order valence-electron chi connectivity index (χ1n) is 9.46. The first kappa shape index (κ1) is 18.5. The fourth-order valence-electron chi connectivity index (χ4n) is 3.45. The van der Waals surface area contributed by atoms with Gasteiger partial charge in [-0.25, -0.2) is 9.97 Å². The second kappa shape index (κ2) is 8.41. The Labute approximate surface area is 155 Å². The average molecular weight is 352 g/mol. The molecule has 0 radical (unpaired) electrons. The highest BCUT2D eigenvalue weighted by Gasteiger charge is 2.13. The molecule has 1 aliphatic heterocycles. The summed E-state index contributed by atoms with van der Waals surface area (Å²) in [5.74, 6) is 1.62. The lowest BCUT2D eigenvalue weighted by atomic mass is 10.0. The molecule has 1 fully saturated rings. The number of aryl methyl sites for hydroxylation is 2. The first-order chi connectivity index (χ1) is 12.6. The van der Waals surface area contributed by atoms with Gasteiger partial charge in [-0.15, -0.1) is 0 Å². The van der Waals surface area contributed by atoms with E-state index in [1.165, 1.54) is 25.9 Å². The van der Waals surface area contributed by atoms with E-state index in [9.17, 15) is 4.79 Å². The number of hydrogen-bond donors (Lipinski definition) is 1. The van der Waals surface area contributed by atoms with Crippen LogP contribution in [0.2, 0.25) is 0 Å². The van der Waals surface area contributed by atoms with Crippen molar-refractivity contribution in [3.63, 3.8) is 0 Å². The maximum absolute atomic E-state index is 11.0. The minimum Gasteiger partial charge on any atom is -0.370 e. The maximum atomic E-state index is 11.0. The first-order valence-corrected chi connectivity index (χ1v) is 9.46. The second-order valence-corrected chi connectivity index (χ2v) is 7.13. The summed E-state index contributed by atoms with van der Waals surface area (Å²) < 4.78 is 0. The largest absolute Gasteiger partial charge is 0.370 e. The van der Waals surface area contributed by atoms with Gasteiger partial charge in [0.2, 0.25) is 0 Å². The number of carbonyl (C=O) groups excluding carboxylic acids is 1. The second-order valence-electron chi connectivity index (χ2n) is 7.13. The lowest BCUT2D eigenvalue weighted by Crippen LogP contribution is -2.22. The Morgan fingerprint density at radius 3 is 2.62 bits per heavy atom. The van der Waals surface area contributed by atoms with Gasteiger partial charge < -0.3 is 10.2 Å². The fourth-order valence-corrected chi connectivity index (χ4v) is 3.45. The Morgan fingerprint density at radius 2 is 1.92 bits per heavy atom. The molecule has 1 saturated heterocycles. The van der Waals surface area contributed by atoms with Crippen LogP contribution in [-0.4, -0.2) is 47.3 Å². The number of rotatable bonds is 7. The minimum absolute atomic E-state index is 0.676. The summed E-state index contributed by atoms with van der Waals surface area (Å²) in [5, 5.41) is 3.50. The molecule has 0 amide bonds. The van der Waals surface area contributed by atoms with Crippen molar-refractivity contribution in [3.8, 4) is 11.4 Å². The zero-order valence-electron chi connectivity index (χ0n) is 16.0. The van der Waals surface area contributed by atoms with Gasteiger partial charge in [0.25, 0.3) is 0 Å². The molecule has 1 aliphatic rings. The fraction of sp³-hybridized carbons (Fsp3) is 0.476. The van der Waals surface area contributed by atoms with Crippen LogP contribution in [0.25, 0.3) is 11.4 Å². The smallest absolute Gasteiger partial charge is 0.162 e. The third-order valence-corrected chi connectivity index (χ3v) is 5.16. The van der Waals surface area contributed by atoms with E-state index in [1.807, 2.05) is 32.0 Å². The summed E-state index contributed by atoms with van der Waals surface area (Å²) in [7, 11) is 0. The molecule has 5 nitrogen and oxygen atoms in total. The van der Waals surface area contributed by atoms with Crippen molar-refractivity contribution in [2.75, 3.05) is 31.5 Å². The minimum atomic E-state index is 0.676. The van der Waals surface area contributed by atoms with Crippen LogP contribution in [0.15, 0.2) is 18.2 Å². The molecule has 1 aromatic carbocycles. The van der Waals surface area contributed by atoms with Crippen LogP contribution in [0, 0.1) is 20.8 Å². The highest BCUT2D eigenvalue weighted by atomic mass is 16.1. The molecule has 0 aliphatic carbocycles. The molecule has 1 N–H and O–H groups in total. The average Bonchev–Trinajstić information content (AvgIpc) is 3.15. The van der Waals surface area contributed by atoms with Gasteiger partial charge >= 0.3 is 0 Å². The zero-order valence-corrected chi connectivity index (χ0v) is 16.0. The van der Waals surface area contributed by atoms with Crippen LogP contribution in [0.3, 0.4) is 0 Å². The van der Waals surface area contributed by atoms with E-state index in [-0.39, 0.29) is 0 Å². The van der Waals surface area contributed by atoms with Crippen LogP contribution >= 0.6 is 0 Å². The van der Waals surface area contributed by atoms with Crippen molar-refractivity contribution in [1.82, 2.24) is 14.9 Å². The van der Waals surface area contributed by atoms with Gasteiger partial charge in [0.05, 0.1) is 0 Å². The molecular formula is C21H28N4O. The van der Waals surface area contributed by atoms with E-state index in [4.69, 9.17) is 4.98 Å². The number of nitrogens with zero attached hydrogens (tertiary/aromatic N) is 3. The molecule has 0 unspecified atom stereocenters. The monoisotopic (exact) mass is 352 g/mol. The van der Waals surface area contributed by atoms with E-state index in [1.54, 1.807) is 0 Å². The molecule has 3 rings (SSSR count). The highest BCUT2D eigenvalue weighted by Crippen LogP contribution is 2.25. The van der Waals surface area contributed by atoms with Gasteiger partial charge in [-0.05, 0) is 71.3 Å². The maximum Gasteiger partial charge on any atom is 0.162 e. The molecule has 26 heavy (non-hydrogen) atoms. The number of aromatic nitrogens is 2. The molecule has 138 valence electrons. The van der Waals surface area contributed by atoms with Gasteiger partial charge in [0.1, 0.15) is 12.1 Å². The van der Waals surface area contributed by atoms with Crippen molar-refractivity contribution in [2.24, 2.45) is 0 Å². The molecule has 0 bridgehead atoms. The number of hydrogen-bond acceptors (Lipinski definition) is 5. The van der Waals surface area contributed by atoms with E-state index < -0.39 is 0 Å². The van der Waals surface area contributed by atoms with Crippen LogP contribution in [0.1, 0.15) is 46.4 Å². The Morgan fingerprint density at radius 1 is 1.15 bits per heavy atom. The Hall–Kier alpha value is -2.27. The van der Waals surface area contributed by atoms with Crippen LogP contribution in [0.4, 0.5) is 5.82 Å². The van der Waals surface area contributed by atoms with Gasteiger partial charge in [-0.1, -0.05) is 12.1 Å². The van der Waals surface area contributed by atoms with Crippen molar-refractivity contribution < 1.29 is 4.79 Å². The number of nitrogens with one attached hydrogen (secondary N) is 1. The van der Waals surface area contributed by atoms with Crippen molar-refractivity contribution in [3.05, 3.63) is 40.6 Å². The van der Waals surface area contributed by atoms with E-state index in [0.29, 0.717) is 11.4 Å². The SMILES string of the molecule is Cc1cc(C=O)ccc1-c1nc(C)c(C)c(NCCCN2CCCC2)n1. The Bertz CT molecular complexity index is 782. The predicted molar refractivity (Wildman–Crippen MR) is 106 cm³/mol. The van der Waals surface area contributed by atoms with E-state index in [2.05, 4.69) is 22.1 Å². The zero-order chi connectivity index (χ0) is 18.5. The molecule has 2 heterocycles. The van der Waals surface area contributed by atoms with Crippen LogP contribution < -0.4 is 5.32 Å². The molecule has 5 heteroatoms. The third kappa shape index (κ3) is 4.28. The lowest BCUT2D eigenvalue weighted by Gasteiger charge is -2.16. The van der Waals surface area contributed by atoms with Crippen LogP contribution in [-0.2, 0) is 0 Å². The summed E-state index contributed by atoms with van der Waals surface area (Å²) >= 11 is 0. The standard InChI is InChI=1S/C21H28N4O/c1-15-13-18(14-26)7-8-19(15)21-23-17(3)16(2)20(24-21)22-9-6-12-25-10-4-5-11-25/h7-8,13-14H,4-6,9-12H2,1-3H3,(H,22,23,24). The summed E-state index contributed by atoms with van der Waals surface area (Å²) in [6, 6.07) is 5.63. The van der Waals surface area contributed by atoms with Gasteiger partial charge in [-0.2, -0.15) is 0 Å². The van der Waals surface area contributed by atoms with Gasteiger partial charge in [0, 0.05) is 28.9 Å². The van der Waals surface area contributed by atoms with Gasteiger partial charge in [0.15, 0.2) is 5.82 Å². The third-order valence-electron chi connectivity index (χ3n) is 5.16. The molecule has 2 aromatic rings. The number of benzene rings is 1. The molecular weight excluding hydrogens is 324 g/mol. The topological polar surface area (TPSA) is 58.1 Å². The highest BCUT2D eigenvalue weighted by molar-refractivity contribution is 5.77. The van der Waals surface area contributed by atoms with E-state index >= 15 is 0 Å². The summed E-state index contributed by atoms with van der Waals surface area (Å²) in [6.45, 7) is 10.6. The van der Waals surface area contributed by atoms with Crippen LogP contribution in [0.5, 0.6) is 0 Å². The predicted octanol–water partition coefficient (Wildman–Crippen LogP) is 3.78. The summed E-state index contributed by atoms with van der Waals surface area (Å²) in [5.41, 5.74) is 4.74. The molecule has 0 saturated carbocycles. The van der Waals surface area contributed by atoms with Gasteiger partial charge in [-0.3, -0.25) is 4.79 Å². The molecule has 1 aromatic heterocycles. The molecule has 0 spiro atoms. The number of aldehydes is 1. The summed E-state index contributed by atoms with van der Waals surface area (Å²) in [4.78, 5) is 22.9. The Kier molecular flexibility index (Phi) is 5.99. The normalized spacial score (nSPS) is 14.6. The molecule has 0 atom stereocenters. The van der Waals surface area contributed by atoms with E-state index in [0.717, 1.165) is 54.0 Å². The number of likely N-dealkylation sites (tertiary alicyclic amines) is 1. The number of carbonyl (C=O) groups is 1. The van der Waals surface area contributed by atoms with Crippen molar-refractivity contribution >= 4 is 12.1 Å². The summed E-state index contributed by atoms with van der Waals surface area (Å²) in [6.07, 6.45) is 4.66.